The Balaban J connectivity index is 1.32. The number of hydrogen-bond acceptors (Lipinski definition) is 6. The number of hydrogen-bond donors (Lipinski definition) is 2. The van der Waals surface area contributed by atoms with E-state index in [2.05, 4.69) is 10.2 Å². The number of rotatable bonds is 10. The van der Waals surface area contributed by atoms with E-state index in [9.17, 15) is 18.0 Å². The highest BCUT2D eigenvalue weighted by atomic mass is 32.2. The van der Waals surface area contributed by atoms with Gasteiger partial charge in [0, 0.05) is 33.1 Å². The molecule has 3 N–H and O–H groups in total. The molecule has 2 aromatic rings. The van der Waals surface area contributed by atoms with Crippen LogP contribution in [0, 0.1) is 5.92 Å². The van der Waals surface area contributed by atoms with Crippen molar-refractivity contribution >= 4 is 27.5 Å². The van der Waals surface area contributed by atoms with Gasteiger partial charge in [-0.15, -0.1) is 0 Å². The predicted molar refractivity (Wildman–Crippen MR) is 152 cm³/mol. The smallest absolute Gasteiger partial charge is 0.243 e. The minimum absolute atomic E-state index is 0.250. The Labute approximate surface area is 231 Å². The second-order valence-electron chi connectivity index (χ2n) is 10.9. The molecule has 4 rings (SSSR count). The Kier molecular flexibility index (Phi) is 9.17. The quantitative estimate of drug-likeness (QED) is 0.459. The van der Waals surface area contributed by atoms with E-state index in [-0.39, 0.29) is 5.91 Å². The van der Waals surface area contributed by atoms with E-state index in [1.165, 1.54) is 36.7 Å². The molecule has 1 aliphatic heterocycles. The van der Waals surface area contributed by atoms with Gasteiger partial charge in [-0.05, 0) is 73.6 Å². The summed E-state index contributed by atoms with van der Waals surface area (Å²) in [4.78, 5) is 25.8. The summed E-state index contributed by atoms with van der Waals surface area (Å²) in [6, 6.07) is 15.0. The molecule has 1 saturated heterocycles. The number of anilines is 1. The van der Waals surface area contributed by atoms with E-state index < -0.39 is 21.5 Å². The molecule has 0 spiro atoms. The van der Waals surface area contributed by atoms with Crippen LogP contribution in [0.1, 0.15) is 57.4 Å². The van der Waals surface area contributed by atoms with Crippen LogP contribution < -0.4 is 20.1 Å². The fourth-order valence-corrected chi connectivity index (χ4v) is 6.62. The zero-order valence-electron chi connectivity index (χ0n) is 22.9. The van der Waals surface area contributed by atoms with Crippen molar-refractivity contribution in [3.63, 3.8) is 0 Å². The first kappa shape index (κ1) is 28.9. The molecule has 2 aliphatic rings. The van der Waals surface area contributed by atoms with Gasteiger partial charge in [0.05, 0.1) is 11.9 Å². The molecule has 2 amide bonds. The molecule has 212 valence electrons. The van der Waals surface area contributed by atoms with E-state index in [4.69, 9.17) is 10.5 Å². The fourth-order valence-electron chi connectivity index (χ4n) is 5.64. The van der Waals surface area contributed by atoms with Gasteiger partial charge in [-0.1, -0.05) is 31.4 Å². The number of benzene rings is 2. The molecule has 0 unspecified atom stereocenters. The van der Waals surface area contributed by atoms with E-state index in [1.54, 1.807) is 24.3 Å². The SMILES string of the molecule is CC(=O)NC1(C(N)=O)CCN(Cc2ccc(Oc3ccc(N(CC4CCCCC4)S(C)(=O)=O)cc3)cc2)CC1. The Bertz CT molecular complexity index is 1230. The molecular formula is C29H40N4O5S. The van der Waals surface area contributed by atoms with Crippen LogP contribution >= 0.6 is 0 Å². The van der Waals surface area contributed by atoms with Gasteiger partial charge in [0.2, 0.25) is 21.8 Å². The lowest BCUT2D eigenvalue weighted by atomic mass is 9.86. The number of nitrogens with one attached hydrogen (secondary N) is 1. The van der Waals surface area contributed by atoms with E-state index in [0.717, 1.165) is 18.4 Å². The monoisotopic (exact) mass is 556 g/mol. The molecule has 10 heteroatoms. The summed E-state index contributed by atoms with van der Waals surface area (Å²) < 4.78 is 32.6. The Hall–Kier alpha value is -3.11. The summed E-state index contributed by atoms with van der Waals surface area (Å²) in [5.41, 5.74) is 6.39. The summed E-state index contributed by atoms with van der Waals surface area (Å²) in [6.45, 7) is 3.94. The zero-order valence-corrected chi connectivity index (χ0v) is 23.7. The van der Waals surface area contributed by atoms with Crippen molar-refractivity contribution in [1.82, 2.24) is 10.2 Å². The van der Waals surface area contributed by atoms with E-state index in [1.807, 2.05) is 24.3 Å². The number of piperidine rings is 1. The third kappa shape index (κ3) is 7.73. The van der Waals surface area contributed by atoms with Gasteiger partial charge in [0.1, 0.15) is 17.0 Å². The van der Waals surface area contributed by atoms with Gasteiger partial charge in [-0.3, -0.25) is 18.8 Å². The molecule has 2 fully saturated rings. The van der Waals surface area contributed by atoms with Crippen LogP contribution in [0.5, 0.6) is 11.5 Å². The average Bonchev–Trinajstić information content (AvgIpc) is 2.90. The highest BCUT2D eigenvalue weighted by molar-refractivity contribution is 7.92. The molecule has 0 bridgehead atoms. The van der Waals surface area contributed by atoms with Crippen LogP contribution in [-0.2, 0) is 26.2 Å². The molecule has 1 saturated carbocycles. The number of carbonyl (C=O) groups is 2. The van der Waals surface area contributed by atoms with Crippen molar-refractivity contribution in [2.45, 2.75) is 64.0 Å². The second kappa shape index (κ2) is 12.4. The third-order valence-electron chi connectivity index (χ3n) is 7.84. The molecule has 2 aromatic carbocycles. The van der Waals surface area contributed by atoms with Crippen molar-refractivity contribution < 1.29 is 22.7 Å². The van der Waals surface area contributed by atoms with E-state index >= 15 is 0 Å². The van der Waals surface area contributed by atoms with Gasteiger partial charge in [0.15, 0.2) is 0 Å². The zero-order chi connectivity index (χ0) is 28.0. The Morgan fingerprint density at radius 3 is 2.08 bits per heavy atom. The lowest BCUT2D eigenvalue weighted by molar-refractivity contribution is -0.132. The number of nitrogens with zero attached hydrogens (tertiary/aromatic N) is 2. The van der Waals surface area contributed by atoms with Gasteiger partial charge >= 0.3 is 0 Å². The van der Waals surface area contributed by atoms with Gasteiger partial charge < -0.3 is 15.8 Å². The number of carbonyl (C=O) groups excluding carboxylic acids is 2. The Morgan fingerprint density at radius 2 is 1.56 bits per heavy atom. The van der Waals surface area contributed by atoms with E-state index in [0.29, 0.717) is 62.1 Å². The molecule has 39 heavy (non-hydrogen) atoms. The van der Waals surface area contributed by atoms with Crippen molar-refractivity contribution in [2.75, 3.05) is 30.2 Å². The number of amides is 2. The van der Waals surface area contributed by atoms with Crippen LogP contribution in [0.25, 0.3) is 0 Å². The summed E-state index contributed by atoms with van der Waals surface area (Å²) in [5.74, 6) is 0.982. The normalized spacial score (nSPS) is 18.3. The number of primary amides is 1. The molecule has 0 radical (unpaired) electrons. The molecule has 0 aromatic heterocycles. The van der Waals surface area contributed by atoms with Crippen molar-refractivity contribution in [2.24, 2.45) is 11.7 Å². The number of ether oxygens (including phenoxy) is 1. The maximum Gasteiger partial charge on any atom is 0.243 e. The third-order valence-corrected chi connectivity index (χ3v) is 9.00. The number of sulfonamides is 1. The summed E-state index contributed by atoms with van der Waals surface area (Å²) >= 11 is 0. The first-order valence-corrected chi connectivity index (χ1v) is 15.5. The standard InChI is InChI=1S/C29H40N4O5S/c1-22(34)31-29(28(30)35)16-18-32(19-17-29)20-24-8-12-26(13-9-24)38-27-14-10-25(11-15-27)33(39(2,36)37)21-23-6-4-3-5-7-23/h8-15,23H,3-7,16-21H2,1-2H3,(H2,30,35)(H,31,34). The molecular weight excluding hydrogens is 516 g/mol. The molecule has 1 aliphatic carbocycles. The van der Waals surface area contributed by atoms with Crippen molar-refractivity contribution in [1.29, 1.82) is 0 Å². The molecule has 9 nitrogen and oxygen atoms in total. The fraction of sp³-hybridized carbons (Fsp3) is 0.517. The first-order valence-electron chi connectivity index (χ1n) is 13.7. The highest BCUT2D eigenvalue weighted by Gasteiger charge is 2.40. The average molecular weight is 557 g/mol. The highest BCUT2D eigenvalue weighted by Crippen LogP contribution is 2.30. The van der Waals surface area contributed by atoms with Crippen LogP contribution in [0.3, 0.4) is 0 Å². The Morgan fingerprint density at radius 1 is 1.00 bits per heavy atom. The summed E-state index contributed by atoms with van der Waals surface area (Å²) in [7, 11) is -3.38. The lowest BCUT2D eigenvalue weighted by Crippen LogP contribution is -2.61. The van der Waals surface area contributed by atoms with Gasteiger partial charge in [-0.25, -0.2) is 8.42 Å². The largest absolute Gasteiger partial charge is 0.457 e. The van der Waals surface area contributed by atoms with Gasteiger partial charge in [0.25, 0.3) is 0 Å². The summed E-state index contributed by atoms with van der Waals surface area (Å²) in [5, 5.41) is 2.76. The topological polar surface area (TPSA) is 122 Å². The number of nitrogens with two attached hydrogens (primary N) is 1. The van der Waals surface area contributed by atoms with Crippen LogP contribution in [0.4, 0.5) is 5.69 Å². The van der Waals surface area contributed by atoms with Crippen molar-refractivity contribution in [3.05, 3.63) is 54.1 Å². The summed E-state index contributed by atoms with van der Waals surface area (Å²) in [6.07, 6.45) is 7.95. The maximum absolute atomic E-state index is 12.5. The van der Waals surface area contributed by atoms with Crippen molar-refractivity contribution in [3.8, 4) is 11.5 Å². The molecule has 1 heterocycles. The van der Waals surface area contributed by atoms with Crippen LogP contribution in [0.15, 0.2) is 48.5 Å². The minimum Gasteiger partial charge on any atom is -0.457 e. The van der Waals surface area contributed by atoms with Crippen LogP contribution in [-0.4, -0.2) is 56.6 Å². The lowest BCUT2D eigenvalue weighted by Gasteiger charge is -2.40. The first-order chi connectivity index (χ1) is 18.5. The minimum atomic E-state index is -3.38. The number of likely N-dealkylation sites (tertiary alicyclic amines) is 1. The maximum atomic E-state index is 12.5. The van der Waals surface area contributed by atoms with Gasteiger partial charge in [-0.2, -0.15) is 0 Å². The molecule has 0 atom stereocenters. The predicted octanol–water partition coefficient (Wildman–Crippen LogP) is 3.78. The second-order valence-corrected chi connectivity index (χ2v) is 12.8. The van der Waals surface area contributed by atoms with Crippen LogP contribution in [0.2, 0.25) is 0 Å².